The molecule has 0 spiro atoms. The molecule has 3 N–H and O–H groups in total. The van der Waals surface area contributed by atoms with E-state index in [9.17, 15) is 0 Å². The molecule has 1 aromatic carbocycles. The lowest BCUT2D eigenvalue weighted by molar-refractivity contribution is 0.940. The third-order valence-corrected chi connectivity index (χ3v) is 2.45. The fourth-order valence-electron chi connectivity index (χ4n) is 1.06. The third-order valence-electron chi connectivity index (χ3n) is 1.92. The molecule has 1 aromatic rings. The summed E-state index contributed by atoms with van der Waals surface area (Å²) in [5, 5.41) is 2.98. The standard InChI is InChI=1S/C12H16BrN3/c1-9(2)7-15-12(14)16-8-10-3-5-11(13)6-4-10/h3-6H,1,7-8H2,2H3,(H3,14,15,16). The molecule has 0 aromatic heterocycles. The van der Waals surface area contributed by atoms with Crippen LogP contribution >= 0.6 is 15.9 Å². The van der Waals surface area contributed by atoms with E-state index in [1.807, 2.05) is 31.2 Å². The molecule has 16 heavy (non-hydrogen) atoms. The van der Waals surface area contributed by atoms with Gasteiger partial charge >= 0.3 is 0 Å². The van der Waals surface area contributed by atoms with Gasteiger partial charge in [0.05, 0.1) is 6.54 Å². The normalized spacial score (nSPS) is 11.2. The number of nitrogens with one attached hydrogen (secondary N) is 1. The fraction of sp³-hybridized carbons (Fsp3) is 0.250. The van der Waals surface area contributed by atoms with Gasteiger partial charge in [-0.15, -0.1) is 0 Å². The summed E-state index contributed by atoms with van der Waals surface area (Å²) >= 11 is 3.38. The van der Waals surface area contributed by atoms with E-state index in [1.54, 1.807) is 0 Å². The van der Waals surface area contributed by atoms with Crippen molar-refractivity contribution in [2.45, 2.75) is 13.5 Å². The van der Waals surface area contributed by atoms with Crippen LogP contribution in [0.25, 0.3) is 0 Å². The molecular formula is C12H16BrN3. The second kappa shape index (κ2) is 6.33. The van der Waals surface area contributed by atoms with Gasteiger partial charge in [0.1, 0.15) is 0 Å². The topological polar surface area (TPSA) is 50.4 Å². The first kappa shape index (κ1) is 12.8. The second-order valence-electron chi connectivity index (χ2n) is 3.64. The Balaban J connectivity index is 2.45. The van der Waals surface area contributed by atoms with Crippen LogP contribution in [0.5, 0.6) is 0 Å². The molecule has 0 saturated heterocycles. The molecule has 86 valence electrons. The van der Waals surface area contributed by atoms with Crippen LogP contribution in [-0.2, 0) is 6.54 Å². The van der Waals surface area contributed by atoms with Gasteiger partial charge in [0, 0.05) is 11.0 Å². The molecule has 0 saturated carbocycles. The first-order valence-corrected chi connectivity index (χ1v) is 5.80. The van der Waals surface area contributed by atoms with Gasteiger partial charge in [-0.2, -0.15) is 0 Å². The number of hydrogen-bond donors (Lipinski definition) is 2. The first-order valence-electron chi connectivity index (χ1n) is 5.00. The molecule has 0 aliphatic carbocycles. The van der Waals surface area contributed by atoms with E-state index in [-0.39, 0.29) is 0 Å². The molecule has 0 fully saturated rings. The Kier molecular flexibility index (Phi) is 5.05. The van der Waals surface area contributed by atoms with E-state index in [1.165, 1.54) is 0 Å². The predicted octanol–water partition coefficient (Wildman–Crippen LogP) is 2.43. The van der Waals surface area contributed by atoms with Crippen molar-refractivity contribution in [2.24, 2.45) is 10.7 Å². The van der Waals surface area contributed by atoms with E-state index >= 15 is 0 Å². The van der Waals surface area contributed by atoms with Crippen molar-refractivity contribution in [2.75, 3.05) is 6.54 Å². The number of nitrogens with two attached hydrogens (primary N) is 1. The van der Waals surface area contributed by atoms with Crippen molar-refractivity contribution in [1.82, 2.24) is 5.32 Å². The van der Waals surface area contributed by atoms with Gasteiger partial charge in [-0.1, -0.05) is 40.2 Å². The number of halogens is 1. The molecule has 3 nitrogen and oxygen atoms in total. The maximum atomic E-state index is 5.69. The quantitative estimate of drug-likeness (QED) is 0.506. The highest BCUT2D eigenvalue weighted by molar-refractivity contribution is 9.10. The minimum absolute atomic E-state index is 0.450. The smallest absolute Gasteiger partial charge is 0.189 e. The third kappa shape index (κ3) is 4.98. The van der Waals surface area contributed by atoms with Crippen LogP contribution in [0, 0.1) is 0 Å². The number of aliphatic imine (C=N–C) groups is 1. The maximum Gasteiger partial charge on any atom is 0.189 e. The summed E-state index contributed by atoms with van der Waals surface area (Å²) in [6.45, 7) is 6.96. The van der Waals surface area contributed by atoms with Crippen molar-refractivity contribution < 1.29 is 0 Å². The van der Waals surface area contributed by atoms with E-state index in [2.05, 4.69) is 32.8 Å². The summed E-state index contributed by atoms with van der Waals surface area (Å²) in [7, 11) is 0. The van der Waals surface area contributed by atoms with Crippen LogP contribution in [0.15, 0.2) is 45.9 Å². The van der Waals surface area contributed by atoms with Gasteiger partial charge in [0.2, 0.25) is 0 Å². The zero-order chi connectivity index (χ0) is 12.0. The molecular weight excluding hydrogens is 266 g/mol. The van der Waals surface area contributed by atoms with Crippen LogP contribution in [0.3, 0.4) is 0 Å². The van der Waals surface area contributed by atoms with Crippen LogP contribution in [0.2, 0.25) is 0 Å². The molecule has 0 radical (unpaired) electrons. The second-order valence-corrected chi connectivity index (χ2v) is 4.55. The van der Waals surface area contributed by atoms with Crippen LogP contribution in [0.4, 0.5) is 0 Å². The average Bonchev–Trinajstić information content (AvgIpc) is 2.25. The molecule has 0 bridgehead atoms. The average molecular weight is 282 g/mol. The van der Waals surface area contributed by atoms with E-state index in [0.717, 1.165) is 15.6 Å². The minimum atomic E-state index is 0.450. The largest absolute Gasteiger partial charge is 0.370 e. The van der Waals surface area contributed by atoms with Gasteiger partial charge in [0.15, 0.2) is 5.96 Å². The minimum Gasteiger partial charge on any atom is -0.370 e. The van der Waals surface area contributed by atoms with Gasteiger partial charge < -0.3 is 11.1 Å². The summed E-state index contributed by atoms with van der Waals surface area (Å²) in [6, 6.07) is 8.00. The van der Waals surface area contributed by atoms with E-state index in [4.69, 9.17) is 5.73 Å². The van der Waals surface area contributed by atoms with Crippen LogP contribution < -0.4 is 11.1 Å². The van der Waals surface area contributed by atoms with Crippen molar-refractivity contribution >= 4 is 21.9 Å². The summed E-state index contributed by atoms with van der Waals surface area (Å²) in [5.74, 6) is 0.450. The Morgan fingerprint density at radius 3 is 2.62 bits per heavy atom. The summed E-state index contributed by atoms with van der Waals surface area (Å²) in [5.41, 5.74) is 7.85. The molecule has 0 aliphatic rings. The number of guanidine groups is 1. The lowest BCUT2D eigenvalue weighted by Gasteiger charge is -2.04. The molecule has 4 heteroatoms. The maximum absolute atomic E-state index is 5.69. The fourth-order valence-corrected chi connectivity index (χ4v) is 1.33. The zero-order valence-corrected chi connectivity index (χ0v) is 10.9. The molecule has 0 heterocycles. The number of nitrogens with zero attached hydrogens (tertiary/aromatic N) is 1. The number of benzene rings is 1. The summed E-state index contributed by atoms with van der Waals surface area (Å²) in [4.78, 5) is 4.22. The predicted molar refractivity (Wildman–Crippen MR) is 72.3 cm³/mol. The van der Waals surface area contributed by atoms with Crippen molar-refractivity contribution in [3.05, 3.63) is 46.5 Å². The molecule has 0 unspecified atom stereocenters. The molecule has 0 aliphatic heterocycles. The summed E-state index contributed by atoms with van der Waals surface area (Å²) < 4.78 is 1.06. The number of hydrogen-bond acceptors (Lipinski definition) is 1. The van der Waals surface area contributed by atoms with Crippen molar-refractivity contribution in [3.8, 4) is 0 Å². The van der Waals surface area contributed by atoms with E-state index < -0.39 is 0 Å². The highest BCUT2D eigenvalue weighted by Crippen LogP contribution is 2.10. The monoisotopic (exact) mass is 281 g/mol. The Bertz CT molecular complexity index is 382. The first-order chi connectivity index (χ1) is 7.58. The molecule has 1 rings (SSSR count). The molecule has 0 amide bonds. The summed E-state index contributed by atoms with van der Waals surface area (Å²) in [6.07, 6.45) is 0. The Morgan fingerprint density at radius 1 is 1.44 bits per heavy atom. The van der Waals surface area contributed by atoms with E-state index in [0.29, 0.717) is 19.0 Å². The highest BCUT2D eigenvalue weighted by Gasteiger charge is 1.93. The Labute approximate surface area is 105 Å². The van der Waals surface area contributed by atoms with Gasteiger partial charge in [-0.05, 0) is 24.6 Å². The SMILES string of the molecule is C=C(C)CNC(N)=NCc1ccc(Br)cc1. The lowest BCUT2D eigenvalue weighted by atomic mass is 10.2. The van der Waals surface area contributed by atoms with Gasteiger partial charge in [0.25, 0.3) is 0 Å². The van der Waals surface area contributed by atoms with Crippen molar-refractivity contribution in [3.63, 3.8) is 0 Å². The number of rotatable bonds is 4. The lowest BCUT2D eigenvalue weighted by Crippen LogP contribution is -2.32. The van der Waals surface area contributed by atoms with Crippen molar-refractivity contribution in [1.29, 1.82) is 0 Å². The van der Waals surface area contributed by atoms with Crippen LogP contribution in [0.1, 0.15) is 12.5 Å². The van der Waals surface area contributed by atoms with Gasteiger partial charge in [-0.25, -0.2) is 4.99 Å². The Hall–Kier alpha value is -1.29. The van der Waals surface area contributed by atoms with Gasteiger partial charge in [-0.3, -0.25) is 0 Å². The van der Waals surface area contributed by atoms with Crippen LogP contribution in [-0.4, -0.2) is 12.5 Å². The Morgan fingerprint density at radius 2 is 2.06 bits per heavy atom. The molecule has 0 atom stereocenters. The zero-order valence-electron chi connectivity index (χ0n) is 9.33. The highest BCUT2D eigenvalue weighted by atomic mass is 79.9.